The number of rotatable bonds is 6. The summed E-state index contributed by atoms with van der Waals surface area (Å²) in [5, 5.41) is 9.53. The Kier molecular flexibility index (Phi) is 9.35. The molecule has 0 spiro atoms. The van der Waals surface area contributed by atoms with Crippen molar-refractivity contribution in [3.05, 3.63) is 35.4 Å². The van der Waals surface area contributed by atoms with E-state index in [1.54, 1.807) is 7.05 Å². The number of halogens is 1. The van der Waals surface area contributed by atoms with Crippen LogP contribution < -0.4 is 16.0 Å². The zero-order valence-electron chi connectivity index (χ0n) is 17.0. The summed E-state index contributed by atoms with van der Waals surface area (Å²) in [6.07, 6.45) is 1.55. The quantitative estimate of drug-likeness (QED) is 0.248. The lowest BCUT2D eigenvalue weighted by Gasteiger charge is -2.19. The van der Waals surface area contributed by atoms with Gasteiger partial charge >= 0.3 is 6.09 Å². The van der Waals surface area contributed by atoms with E-state index in [0.29, 0.717) is 18.5 Å². The van der Waals surface area contributed by atoms with Gasteiger partial charge in [-0.05, 0) is 51.7 Å². The van der Waals surface area contributed by atoms with Crippen LogP contribution in [0.3, 0.4) is 0 Å². The first kappa shape index (κ1) is 23.5. The molecule has 27 heavy (non-hydrogen) atoms. The third-order valence-electron chi connectivity index (χ3n) is 4.24. The third kappa shape index (κ3) is 8.36. The standard InChI is InChI=1S/C20H32N4O2.HI/c1-14-9-6-7-10-15(14)16-13-17(16)24-18(21-5)22-11-8-12-23-19(25)26-20(2,3)4;/h6-7,9-10,16-17H,8,11-13H2,1-5H3,(H,23,25)(H2,21,22,24);1H. The third-order valence-corrected chi connectivity index (χ3v) is 4.24. The lowest BCUT2D eigenvalue weighted by molar-refractivity contribution is 0.0527. The molecule has 1 saturated carbocycles. The maximum atomic E-state index is 11.6. The molecule has 0 heterocycles. The highest BCUT2D eigenvalue weighted by Crippen LogP contribution is 2.41. The number of aryl methyl sites for hydroxylation is 1. The van der Waals surface area contributed by atoms with E-state index in [0.717, 1.165) is 25.3 Å². The molecule has 1 amide bonds. The minimum absolute atomic E-state index is 0. The molecule has 2 atom stereocenters. The molecule has 0 saturated heterocycles. The van der Waals surface area contributed by atoms with Crippen LogP contribution in [-0.4, -0.2) is 43.8 Å². The fourth-order valence-electron chi connectivity index (χ4n) is 2.87. The van der Waals surface area contributed by atoms with Gasteiger partial charge in [0, 0.05) is 32.1 Å². The van der Waals surface area contributed by atoms with Crippen LogP contribution in [0.25, 0.3) is 0 Å². The zero-order valence-corrected chi connectivity index (χ0v) is 19.3. The Hall–Kier alpha value is -1.51. The number of amides is 1. The second kappa shape index (κ2) is 10.7. The van der Waals surface area contributed by atoms with Crippen molar-refractivity contribution in [3.63, 3.8) is 0 Å². The molecule has 1 aromatic carbocycles. The minimum Gasteiger partial charge on any atom is -0.444 e. The Morgan fingerprint density at radius 3 is 2.52 bits per heavy atom. The monoisotopic (exact) mass is 488 g/mol. The number of carbonyl (C=O) groups is 1. The summed E-state index contributed by atoms with van der Waals surface area (Å²) in [7, 11) is 1.78. The Labute approximate surface area is 179 Å². The molecule has 1 aliphatic carbocycles. The fraction of sp³-hybridized carbons (Fsp3) is 0.600. The molecule has 1 fully saturated rings. The molecular formula is C20H33IN4O2. The molecule has 1 aliphatic rings. The van der Waals surface area contributed by atoms with Gasteiger partial charge in [-0.2, -0.15) is 0 Å². The van der Waals surface area contributed by atoms with Crippen LogP contribution in [0.4, 0.5) is 4.79 Å². The van der Waals surface area contributed by atoms with Gasteiger partial charge in [0.25, 0.3) is 0 Å². The van der Waals surface area contributed by atoms with Gasteiger partial charge in [0.15, 0.2) is 5.96 Å². The molecule has 1 aromatic rings. The van der Waals surface area contributed by atoms with E-state index in [1.165, 1.54) is 11.1 Å². The molecule has 2 unspecified atom stereocenters. The van der Waals surface area contributed by atoms with Crippen LogP contribution in [0.15, 0.2) is 29.3 Å². The summed E-state index contributed by atoms with van der Waals surface area (Å²) >= 11 is 0. The number of guanidine groups is 1. The molecule has 2 rings (SSSR count). The van der Waals surface area contributed by atoms with Gasteiger partial charge in [0.1, 0.15) is 5.60 Å². The van der Waals surface area contributed by atoms with E-state index in [1.807, 2.05) is 20.8 Å². The molecule has 7 heteroatoms. The van der Waals surface area contributed by atoms with Gasteiger partial charge < -0.3 is 20.7 Å². The summed E-state index contributed by atoms with van der Waals surface area (Å²) in [6.45, 7) is 9.02. The largest absolute Gasteiger partial charge is 0.444 e. The predicted octanol–water partition coefficient (Wildman–Crippen LogP) is 3.55. The molecule has 3 N–H and O–H groups in total. The first-order valence-corrected chi connectivity index (χ1v) is 9.29. The fourth-order valence-corrected chi connectivity index (χ4v) is 2.87. The topological polar surface area (TPSA) is 74.8 Å². The number of hydrogen-bond acceptors (Lipinski definition) is 3. The van der Waals surface area contributed by atoms with Crippen molar-refractivity contribution in [2.45, 2.75) is 58.1 Å². The molecule has 0 aromatic heterocycles. The summed E-state index contributed by atoms with van der Waals surface area (Å²) in [5.41, 5.74) is 2.30. The van der Waals surface area contributed by atoms with Crippen molar-refractivity contribution in [2.24, 2.45) is 4.99 Å². The molecule has 0 radical (unpaired) electrons. The first-order chi connectivity index (χ1) is 12.3. The molecule has 152 valence electrons. The Bertz CT molecular complexity index is 643. The van der Waals surface area contributed by atoms with Gasteiger partial charge in [0.2, 0.25) is 0 Å². The number of carbonyl (C=O) groups excluding carboxylic acids is 1. The van der Waals surface area contributed by atoms with E-state index in [2.05, 4.69) is 52.1 Å². The smallest absolute Gasteiger partial charge is 0.407 e. The maximum Gasteiger partial charge on any atom is 0.407 e. The normalized spacial score (nSPS) is 18.9. The van der Waals surface area contributed by atoms with E-state index >= 15 is 0 Å². The number of hydrogen-bond donors (Lipinski definition) is 3. The van der Waals surface area contributed by atoms with Crippen molar-refractivity contribution in [1.29, 1.82) is 0 Å². The summed E-state index contributed by atoms with van der Waals surface area (Å²) < 4.78 is 5.20. The number of aliphatic imine (C=N–C) groups is 1. The first-order valence-electron chi connectivity index (χ1n) is 9.29. The van der Waals surface area contributed by atoms with Crippen LogP contribution >= 0.6 is 24.0 Å². The molecule has 6 nitrogen and oxygen atoms in total. The SMILES string of the molecule is CN=C(NCCCNC(=O)OC(C)(C)C)NC1CC1c1ccccc1C.I. The highest BCUT2D eigenvalue weighted by Gasteiger charge is 2.39. The second-order valence-electron chi connectivity index (χ2n) is 7.73. The van der Waals surface area contributed by atoms with Crippen LogP contribution in [0.2, 0.25) is 0 Å². The van der Waals surface area contributed by atoms with Gasteiger partial charge in [0.05, 0.1) is 0 Å². The van der Waals surface area contributed by atoms with E-state index in [-0.39, 0.29) is 30.1 Å². The number of alkyl carbamates (subject to hydrolysis) is 1. The molecule has 0 aliphatic heterocycles. The van der Waals surface area contributed by atoms with Gasteiger partial charge in [-0.25, -0.2) is 4.79 Å². The highest BCUT2D eigenvalue weighted by molar-refractivity contribution is 14.0. The zero-order chi connectivity index (χ0) is 19.2. The van der Waals surface area contributed by atoms with Crippen LogP contribution in [0.5, 0.6) is 0 Å². The van der Waals surface area contributed by atoms with E-state index in [4.69, 9.17) is 4.74 Å². The number of nitrogens with one attached hydrogen (secondary N) is 3. The highest BCUT2D eigenvalue weighted by atomic mass is 127. The minimum atomic E-state index is -0.466. The lowest BCUT2D eigenvalue weighted by Crippen LogP contribution is -2.40. The van der Waals surface area contributed by atoms with Gasteiger partial charge in [-0.15, -0.1) is 24.0 Å². The summed E-state index contributed by atoms with van der Waals surface area (Å²) in [5.74, 6) is 1.37. The van der Waals surface area contributed by atoms with Crippen molar-refractivity contribution in [3.8, 4) is 0 Å². The van der Waals surface area contributed by atoms with Crippen molar-refractivity contribution < 1.29 is 9.53 Å². The van der Waals surface area contributed by atoms with Crippen LogP contribution in [0.1, 0.15) is 50.7 Å². The lowest BCUT2D eigenvalue weighted by atomic mass is 10.0. The average molecular weight is 488 g/mol. The second-order valence-corrected chi connectivity index (χ2v) is 7.73. The van der Waals surface area contributed by atoms with Crippen molar-refractivity contribution in [2.75, 3.05) is 20.1 Å². The summed E-state index contributed by atoms with van der Waals surface area (Å²) in [6, 6.07) is 8.98. The van der Waals surface area contributed by atoms with Crippen LogP contribution in [-0.2, 0) is 4.74 Å². The van der Waals surface area contributed by atoms with E-state index < -0.39 is 5.60 Å². The number of benzene rings is 1. The Balaban J connectivity index is 0.00000364. The molecule has 0 bridgehead atoms. The van der Waals surface area contributed by atoms with Gasteiger partial charge in [-0.3, -0.25) is 4.99 Å². The van der Waals surface area contributed by atoms with Crippen molar-refractivity contribution in [1.82, 2.24) is 16.0 Å². The Morgan fingerprint density at radius 2 is 1.89 bits per heavy atom. The van der Waals surface area contributed by atoms with Crippen LogP contribution in [0, 0.1) is 6.92 Å². The predicted molar refractivity (Wildman–Crippen MR) is 121 cm³/mol. The van der Waals surface area contributed by atoms with Crippen molar-refractivity contribution >= 4 is 36.0 Å². The maximum absolute atomic E-state index is 11.6. The number of nitrogens with zero attached hydrogens (tertiary/aromatic N) is 1. The van der Waals surface area contributed by atoms with E-state index in [9.17, 15) is 4.79 Å². The summed E-state index contributed by atoms with van der Waals surface area (Å²) in [4.78, 5) is 15.9. The average Bonchev–Trinajstić information content (AvgIpc) is 3.31. The number of ether oxygens (including phenoxy) is 1. The molecular weight excluding hydrogens is 455 g/mol. The van der Waals surface area contributed by atoms with Gasteiger partial charge in [-0.1, -0.05) is 24.3 Å². The Morgan fingerprint density at radius 1 is 1.22 bits per heavy atom.